The summed E-state index contributed by atoms with van der Waals surface area (Å²) in [5.74, 6) is -0.0657. The zero-order valence-electron chi connectivity index (χ0n) is 9.41. The molecule has 0 bridgehead atoms. The molecule has 2 atom stereocenters. The van der Waals surface area contributed by atoms with E-state index >= 15 is 0 Å². The third kappa shape index (κ3) is 3.53. The van der Waals surface area contributed by atoms with E-state index in [2.05, 4.69) is 19.2 Å². The van der Waals surface area contributed by atoms with Crippen molar-refractivity contribution in [3.8, 4) is 0 Å². The Labute approximate surface area is 90.4 Å². The lowest BCUT2D eigenvalue weighted by Crippen LogP contribution is -2.36. The SMILES string of the molecule is CCC.O=C1CC[C@@H]([C@@H]2CCC(=O)O2)N1. The molecule has 2 fully saturated rings. The summed E-state index contributed by atoms with van der Waals surface area (Å²) in [6.07, 6.45) is 3.81. The van der Waals surface area contributed by atoms with Crippen molar-refractivity contribution >= 4 is 11.9 Å². The first-order valence-electron chi connectivity index (χ1n) is 5.66. The molecule has 86 valence electrons. The largest absolute Gasteiger partial charge is 0.460 e. The van der Waals surface area contributed by atoms with Crippen LogP contribution in [0.4, 0.5) is 0 Å². The number of esters is 1. The standard InChI is InChI=1S/C8H11NO3.C3H8/c10-7-3-1-5(9-7)6-2-4-8(11)12-6;1-3-2/h5-6H,1-4H2,(H,9,10);3H2,1-2H3/t5-,6-;/m0./s1. The molecule has 2 rings (SSSR count). The molecule has 2 heterocycles. The van der Waals surface area contributed by atoms with Gasteiger partial charge in [-0.3, -0.25) is 9.59 Å². The highest BCUT2D eigenvalue weighted by molar-refractivity contribution is 5.79. The van der Waals surface area contributed by atoms with Gasteiger partial charge >= 0.3 is 5.97 Å². The topological polar surface area (TPSA) is 55.4 Å². The van der Waals surface area contributed by atoms with E-state index in [-0.39, 0.29) is 24.0 Å². The highest BCUT2D eigenvalue weighted by atomic mass is 16.5. The van der Waals surface area contributed by atoms with Crippen LogP contribution in [0.5, 0.6) is 0 Å². The van der Waals surface area contributed by atoms with Crippen molar-refractivity contribution in [3.63, 3.8) is 0 Å². The van der Waals surface area contributed by atoms with Crippen LogP contribution in [-0.4, -0.2) is 24.0 Å². The average molecular weight is 213 g/mol. The number of hydrogen-bond donors (Lipinski definition) is 1. The first kappa shape index (κ1) is 12.0. The quantitative estimate of drug-likeness (QED) is 0.670. The van der Waals surface area contributed by atoms with E-state index in [1.54, 1.807) is 0 Å². The van der Waals surface area contributed by atoms with Gasteiger partial charge in [0.25, 0.3) is 0 Å². The summed E-state index contributed by atoms with van der Waals surface area (Å²) in [7, 11) is 0. The normalized spacial score (nSPS) is 29.2. The lowest BCUT2D eigenvalue weighted by molar-refractivity contribution is -0.142. The van der Waals surface area contributed by atoms with Gasteiger partial charge in [-0.15, -0.1) is 0 Å². The fourth-order valence-electron chi connectivity index (χ4n) is 1.75. The van der Waals surface area contributed by atoms with Crippen molar-refractivity contribution in [1.82, 2.24) is 5.32 Å². The summed E-state index contributed by atoms with van der Waals surface area (Å²) >= 11 is 0. The maximum absolute atomic E-state index is 10.8. The van der Waals surface area contributed by atoms with Crippen LogP contribution in [0.25, 0.3) is 0 Å². The van der Waals surface area contributed by atoms with Crippen LogP contribution in [0.15, 0.2) is 0 Å². The van der Waals surface area contributed by atoms with Crippen LogP contribution >= 0.6 is 0 Å². The molecule has 15 heavy (non-hydrogen) atoms. The maximum atomic E-state index is 10.8. The number of carbonyl (C=O) groups excluding carboxylic acids is 2. The smallest absolute Gasteiger partial charge is 0.306 e. The minimum absolute atomic E-state index is 0.0658. The van der Waals surface area contributed by atoms with Gasteiger partial charge in [0, 0.05) is 12.8 Å². The van der Waals surface area contributed by atoms with Crippen molar-refractivity contribution in [2.75, 3.05) is 0 Å². The number of ether oxygens (including phenoxy) is 1. The Morgan fingerprint density at radius 1 is 1.27 bits per heavy atom. The molecular formula is C11H19NO3. The van der Waals surface area contributed by atoms with Crippen molar-refractivity contribution in [2.45, 2.75) is 58.1 Å². The average Bonchev–Trinajstić information content (AvgIpc) is 2.75. The van der Waals surface area contributed by atoms with Gasteiger partial charge in [0.1, 0.15) is 6.10 Å². The summed E-state index contributed by atoms with van der Waals surface area (Å²) in [5.41, 5.74) is 0. The van der Waals surface area contributed by atoms with Crippen LogP contribution in [-0.2, 0) is 14.3 Å². The van der Waals surface area contributed by atoms with Crippen LogP contribution in [0, 0.1) is 0 Å². The molecule has 1 N–H and O–H groups in total. The molecule has 0 saturated carbocycles. The molecule has 0 aromatic carbocycles. The van der Waals surface area contributed by atoms with Crippen molar-refractivity contribution in [3.05, 3.63) is 0 Å². The molecule has 1 amide bonds. The molecule has 0 aromatic rings. The third-order valence-corrected chi connectivity index (χ3v) is 2.39. The monoisotopic (exact) mass is 213 g/mol. The Hall–Kier alpha value is -1.06. The van der Waals surface area contributed by atoms with E-state index in [1.807, 2.05) is 0 Å². The first-order valence-corrected chi connectivity index (χ1v) is 5.66. The van der Waals surface area contributed by atoms with E-state index in [1.165, 1.54) is 6.42 Å². The second-order valence-corrected chi connectivity index (χ2v) is 3.99. The summed E-state index contributed by atoms with van der Waals surface area (Å²) in [6, 6.07) is 0.0731. The van der Waals surface area contributed by atoms with Crippen LogP contribution in [0.2, 0.25) is 0 Å². The molecule has 2 aliphatic rings. The van der Waals surface area contributed by atoms with E-state index in [9.17, 15) is 9.59 Å². The van der Waals surface area contributed by atoms with E-state index in [0.717, 1.165) is 12.8 Å². The van der Waals surface area contributed by atoms with Crippen LogP contribution in [0.3, 0.4) is 0 Å². The fourth-order valence-corrected chi connectivity index (χ4v) is 1.75. The zero-order valence-corrected chi connectivity index (χ0v) is 9.41. The van der Waals surface area contributed by atoms with Crippen LogP contribution < -0.4 is 5.32 Å². The molecule has 4 heteroatoms. The van der Waals surface area contributed by atoms with Gasteiger partial charge in [0.05, 0.1) is 6.04 Å². The Balaban J connectivity index is 0.000000337. The lowest BCUT2D eigenvalue weighted by Gasteiger charge is -2.16. The number of nitrogens with one attached hydrogen (secondary N) is 1. The summed E-state index contributed by atoms with van der Waals surface area (Å²) in [6.45, 7) is 4.25. The van der Waals surface area contributed by atoms with Gasteiger partial charge in [0.2, 0.25) is 5.91 Å². The van der Waals surface area contributed by atoms with Gasteiger partial charge in [-0.1, -0.05) is 20.3 Å². The number of cyclic esters (lactones) is 1. The molecule has 0 unspecified atom stereocenters. The molecule has 0 radical (unpaired) electrons. The molecule has 0 spiro atoms. The fraction of sp³-hybridized carbons (Fsp3) is 0.818. The minimum Gasteiger partial charge on any atom is -0.460 e. The predicted octanol–water partition coefficient (Wildman–Crippen LogP) is 1.39. The lowest BCUT2D eigenvalue weighted by atomic mass is 10.1. The van der Waals surface area contributed by atoms with E-state index in [4.69, 9.17) is 4.74 Å². The minimum atomic E-state index is -0.138. The number of rotatable bonds is 1. The summed E-state index contributed by atoms with van der Waals surface area (Å²) < 4.78 is 5.04. The van der Waals surface area contributed by atoms with E-state index in [0.29, 0.717) is 12.8 Å². The van der Waals surface area contributed by atoms with Gasteiger partial charge in [0.15, 0.2) is 0 Å². The van der Waals surface area contributed by atoms with Crippen molar-refractivity contribution in [1.29, 1.82) is 0 Å². The molecule has 0 aromatic heterocycles. The Kier molecular flexibility index (Phi) is 4.59. The number of amides is 1. The van der Waals surface area contributed by atoms with Gasteiger partial charge in [-0.25, -0.2) is 0 Å². The van der Waals surface area contributed by atoms with Gasteiger partial charge < -0.3 is 10.1 Å². The highest BCUT2D eigenvalue weighted by Crippen LogP contribution is 2.22. The Bertz CT molecular complexity index is 216. The summed E-state index contributed by atoms with van der Waals surface area (Å²) in [5, 5.41) is 2.80. The molecule has 4 nitrogen and oxygen atoms in total. The highest BCUT2D eigenvalue weighted by Gasteiger charge is 2.34. The maximum Gasteiger partial charge on any atom is 0.306 e. The molecular weight excluding hydrogens is 194 g/mol. The first-order chi connectivity index (χ1) is 7.17. The number of hydrogen-bond acceptors (Lipinski definition) is 3. The van der Waals surface area contributed by atoms with Gasteiger partial charge in [-0.2, -0.15) is 0 Å². The number of carbonyl (C=O) groups is 2. The molecule has 2 saturated heterocycles. The molecule has 0 aliphatic carbocycles. The van der Waals surface area contributed by atoms with Gasteiger partial charge in [-0.05, 0) is 12.8 Å². The predicted molar refractivity (Wildman–Crippen MR) is 56.2 cm³/mol. The van der Waals surface area contributed by atoms with E-state index < -0.39 is 0 Å². The third-order valence-electron chi connectivity index (χ3n) is 2.39. The second-order valence-electron chi connectivity index (χ2n) is 3.99. The molecule has 2 aliphatic heterocycles. The second kappa shape index (κ2) is 5.73. The van der Waals surface area contributed by atoms with Crippen LogP contribution in [0.1, 0.15) is 46.0 Å². The Morgan fingerprint density at radius 2 is 1.93 bits per heavy atom. The van der Waals surface area contributed by atoms with Crippen molar-refractivity contribution in [2.24, 2.45) is 0 Å². The van der Waals surface area contributed by atoms with Crippen molar-refractivity contribution < 1.29 is 14.3 Å². The zero-order chi connectivity index (χ0) is 11.3. The Morgan fingerprint density at radius 3 is 2.33 bits per heavy atom. The summed E-state index contributed by atoms with van der Waals surface area (Å²) in [4.78, 5) is 21.6.